The van der Waals surface area contributed by atoms with Crippen molar-refractivity contribution in [2.24, 2.45) is 5.73 Å². The SMILES string of the molecule is NC(=O)C(O)CNc1nc(Cl)nnc1Cl. The van der Waals surface area contributed by atoms with Crippen molar-refractivity contribution < 1.29 is 9.90 Å². The lowest BCUT2D eigenvalue weighted by atomic mass is 10.3. The molecule has 0 bridgehead atoms. The number of halogens is 2. The molecule has 0 aliphatic carbocycles. The van der Waals surface area contributed by atoms with Gasteiger partial charge >= 0.3 is 0 Å². The van der Waals surface area contributed by atoms with Gasteiger partial charge in [-0.1, -0.05) is 11.6 Å². The molecular weight excluding hydrogens is 245 g/mol. The molecule has 1 aromatic heterocycles. The number of nitrogens with one attached hydrogen (secondary N) is 1. The van der Waals surface area contributed by atoms with E-state index in [-0.39, 0.29) is 22.8 Å². The molecule has 0 spiro atoms. The normalized spacial score (nSPS) is 12.2. The number of primary amides is 1. The van der Waals surface area contributed by atoms with Gasteiger partial charge in [-0.3, -0.25) is 4.79 Å². The Labute approximate surface area is 94.6 Å². The second kappa shape index (κ2) is 5.06. The van der Waals surface area contributed by atoms with E-state index in [1.54, 1.807) is 0 Å². The summed E-state index contributed by atoms with van der Waals surface area (Å²) in [5.41, 5.74) is 4.83. The maximum Gasteiger partial charge on any atom is 0.248 e. The number of aliphatic hydroxyl groups is 1. The third-order valence-electron chi connectivity index (χ3n) is 1.41. The van der Waals surface area contributed by atoms with E-state index in [1.165, 1.54) is 0 Å². The summed E-state index contributed by atoms with van der Waals surface area (Å²) in [7, 11) is 0. The largest absolute Gasteiger partial charge is 0.381 e. The summed E-state index contributed by atoms with van der Waals surface area (Å²) >= 11 is 11.1. The van der Waals surface area contributed by atoms with Crippen LogP contribution in [-0.4, -0.2) is 38.8 Å². The van der Waals surface area contributed by atoms with E-state index in [1.807, 2.05) is 0 Å². The Balaban J connectivity index is 2.65. The van der Waals surface area contributed by atoms with Crippen LogP contribution in [0, 0.1) is 0 Å². The van der Waals surface area contributed by atoms with Crippen LogP contribution in [0.2, 0.25) is 10.4 Å². The van der Waals surface area contributed by atoms with Gasteiger partial charge in [-0.25, -0.2) is 0 Å². The quantitative estimate of drug-likeness (QED) is 0.661. The smallest absolute Gasteiger partial charge is 0.248 e. The van der Waals surface area contributed by atoms with Crippen molar-refractivity contribution in [1.82, 2.24) is 15.2 Å². The Kier molecular flexibility index (Phi) is 4.01. The molecule has 0 saturated heterocycles. The standard InChI is InChI=1S/C6H7Cl2N5O2/c7-3-5(11-6(8)13-12-3)10-1-2(14)4(9)15/h2,14H,1H2,(H2,9,15)(H,10,11,13). The van der Waals surface area contributed by atoms with Crippen LogP contribution in [0.15, 0.2) is 0 Å². The van der Waals surface area contributed by atoms with Gasteiger partial charge in [0.1, 0.15) is 6.10 Å². The van der Waals surface area contributed by atoms with Gasteiger partial charge in [0.25, 0.3) is 0 Å². The topological polar surface area (TPSA) is 114 Å². The summed E-state index contributed by atoms with van der Waals surface area (Å²) in [5, 5.41) is 18.3. The maximum absolute atomic E-state index is 10.5. The number of amides is 1. The summed E-state index contributed by atoms with van der Waals surface area (Å²) in [6, 6.07) is 0. The van der Waals surface area contributed by atoms with Crippen molar-refractivity contribution in [2.45, 2.75) is 6.10 Å². The Hall–Kier alpha value is -1.18. The molecule has 1 aromatic rings. The molecule has 0 fully saturated rings. The van der Waals surface area contributed by atoms with Gasteiger partial charge in [-0.05, 0) is 11.6 Å². The van der Waals surface area contributed by atoms with Gasteiger partial charge < -0.3 is 16.2 Å². The highest BCUT2D eigenvalue weighted by Gasteiger charge is 2.12. The van der Waals surface area contributed by atoms with Gasteiger partial charge in [-0.15, -0.1) is 10.2 Å². The Bertz CT molecular complexity index is 375. The lowest BCUT2D eigenvalue weighted by molar-refractivity contribution is -0.125. The molecule has 1 atom stereocenters. The average molecular weight is 252 g/mol. The van der Waals surface area contributed by atoms with Crippen molar-refractivity contribution in [2.75, 3.05) is 11.9 Å². The molecule has 7 nitrogen and oxygen atoms in total. The minimum atomic E-state index is -1.34. The second-order valence-corrected chi connectivity index (χ2v) is 3.22. The van der Waals surface area contributed by atoms with Crippen LogP contribution >= 0.6 is 23.2 Å². The second-order valence-electron chi connectivity index (χ2n) is 2.52. The van der Waals surface area contributed by atoms with Crippen LogP contribution in [0.5, 0.6) is 0 Å². The summed E-state index contributed by atoms with van der Waals surface area (Å²) < 4.78 is 0. The lowest BCUT2D eigenvalue weighted by Gasteiger charge is -2.08. The number of nitrogens with zero attached hydrogens (tertiary/aromatic N) is 3. The molecular formula is C6H7Cl2N5O2. The van der Waals surface area contributed by atoms with E-state index in [0.29, 0.717) is 0 Å². The third-order valence-corrected chi connectivity index (χ3v) is 1.83. The summed E-state index contributed by atoms with van der Waals surface area (Å²) in [4.78, 5) is 14.2. The third kappa shape index (κ3) is 3.46. The van der Waals surface area contributed by atoms with Crippen LogP contribution in [-0.2, 0) is 4.79 Å². The number of carbonyl (C=O) groups excluding carboxylic acids is 1. The average Bonchev–Trinajstić information content (AvgIpc) is 2.18. The molecule has 4 N–H and O–H groups in total. The zero-order valence-electron chi connectivity index (χ0n) is 7.31. The van der Waals surface area contributed by atoms with E-state index in [9.17, 15) is 4.79 Å². The number of hydrogen-bond donors (Lipinski definition) is 3. The van der Waals surface area contributed by atoms with Crippen molar-refractivity contribution in [3.05, 3.63) is 10.4 Å². The maximum atomic E-state index is 10.5. The van der Waals surface area contributed by atoms with Gasteiger partial charge in [0.15, 0.2) is 11.0 Å². The predicted octanol–water partition coefficient (Wildman–Crippen LogP) is -0.564. The van der Waals surface area contributed by atoms with E-state index in [4.69, 9.17) is 34.0 Å². The molecule has 1 heterocycles. The molecule has 82 valence electrons. The van der Waals surface area contributed by atoms with Crippen LogP contribution in [0.3, 0.4) is 0 Å². The number of hydrogen-bond acceptors (Lipinski definition) is 6. The molecule has 0 aliphatic rings. The summed E-state index contributed by atoms with van der Waals surface area (Å²) in [5.74, 6) is -0.733. The molecule has 1 unspecified atom stereocenters. The van der Waals surface area contributed by atoms with Gasteiger partial charge in [0.2, 0.25) is 11.2 Å². The zero-order valence-corrected chi connectivity index (χ0v) is 8.83. The number of aromatic nitrogens is 3. The highest BCUT2D eigenvalue weighted by molar-refractivity contribution is 6.32. The Morgan fingerprint density at radius 1 is 1.53 bits per heavy atom. The minimum absolute atomic E-state index is 0.0175. The fourth-order valence-electron chi connectivity index (χ4n) is 0.700. The first-order valence-corrected chi connectivity index (χ1v) is 4.53. The van der Waals surface area contributed by atoms with Crippen molar-refractivity contribution in [3.63, 3.8) is 0 Å². The van der Waals surface area contributed by atoms with Crippen LogP contribution in [0.25, 0.3) is 0 Å². The summed E-state index contributed by atoms with van der Waals surface area (Å²) in [6.07, 6.45) is -1.34. The first-order valence-electron chi connectivity index (χ1n) is 3.77. The van der Waals surface area contributed by atoms with Crippen molar-refractivity contribution in [1.29, 1.82) is 0 Å². The molecule has 0 radical (unpaired) electrons. The molecule has 1 rings (SSSR count). The molecule has 0 aromatic carbocycles. The number of carbonyl (C=O) groups is 1. The lowest BCUT2D eigenvalue weighted by Crippen LogP contribution is -2.34. The number of nitrogens with two attached hydrogens (primary N) is 1. The Morgan fingerprint density at radius 2 is 2.20 bits per heavy atom. The van der Waals surface area contributed by atoms with E-state index >= 15 is 0 Å². The van der Waals surface area contributed by atoms with E-state index in [0.717, 1.165) is 0 Å². The van der Waals surface area contributed by atoms with Gasteiger partial charge in [0.05, 0.1) is 6.54 Å². The van der Waals surface area contributed by atoms with Crippen LogP contribution in [0.1, 0.15) is 0 Å². The Morgan fingerprint density at radius 3 is 2.80 bits per heavy atom. The van der Waals surface area contributed by atoms with Crippen LogP contribution < -0.4 is 11.1 Å². The molecule has 1 amide bonds. The number of anilines is 1. The van der Waals surface area contributed by atoms with Crippen molar-refractivity contribution in [3.8, 4) is 0 Å². The molecule has 0 aliphatic heterocycles. The fraction of sp³-hybridized carbons (Fsp3) is 0.333. The molecule has 9 heteroatoms. The van der Waals surface area contributed by atoms with Crippen molar-refractivity contribution >= 4 is 34.9 Å². The minimum Gasteiger partial charge on any atom is -0.381 e. The van der Waals surface area contributed by atoms with E-state index < -0.39 is 12.0 Å². The van der Waals surface area contributed by atoms with E-state index in [2.05, 4.69) is 20.5 Å². The monoisotopic (exact) mass is 251 g/mol. The molecule has 0 saturated carbocycles. The number of rotatable bonds is 4. The van der Waals surface area contributed by atoms with Crippen LogP contribution in [0.4, 0.5) is 5.82 Å². The molecule has 15 heavy (non-hydrogen) atoms. The van der Waals surface area contributed by atoms with Gasteiger partial charge in [-0.2, -0.15) is 4.98 Å². The zero-order chi connectivity index (χ0) is 11.4. The van der Waals surface area contributed by atoms with Gasteiger partial charge in [0, 0.05) is 0 Å². The highest BCUT2D eigenvalue weighted by Crippen LogP contribution is 2.16. The fourth-order valence-corrected chi connectivity index (χ4v) is 0.969. The predicted molar refractivity (Wildman–Crippen MR) is 53.5 cm³/mol. The number of aliphatic hydroxyl groups excluding tert-OH is 1. The summed E-state index contributed by atoms with van der Waals surface area (Å²) in [6.45, 7) is -0.135. The first-order chi connectivity index (χ1) is 7.00. The highest BCUT2D eigenvalue weighted by atomic mass is 35.5. The first kappa shape index (κ1) is 11.9.